The number of nitrogens with zero attached hydrogens (tertiary/aromatic N) is 2. The molecule has 254 valence electrons. The molecule has 0 aliphatic heterocycles. The summed E-state index contributed by atoms with van der Waals surface area (Å²) in [4.78, 5) is 65.2. The van der Waals surface area contributed by atoms with Gasteiger partial charge in [-0.1, -0.05) is 25.5 Å². The van der Waals surface area contributed by atoms with Crippen molar-refractivity contribution in [2.45, 2.75) is 83.9 Å². The molecule has 45 heavy (non-hydrogen) atoms. The van der Waals surface area contributed by atoms with Gasteiger partial charge in [-0.15, -0.1) is 0 Å². The van der Waals surface area contributed by atoms with Crippen LogP contribution in [-0.4, -0.2) is 108 Å². The molecule has 14 nitrogen and oxygen atoms in total. The molecule has 0 unspecified atom stereocenters. The first-order valence-corrected chi connectivity index (χ1v) is 15.3. The molecule has 0 radical (unpaired) electrons. The van der Waals surface area contributed by atoms with Gasteiger partial charge >= 0.3 is 24.0 Å². The summed E-state index contributed by atoms with van der Waals surface area (Å²) in [5.41, 5.74) is 5.82. The second kappa shape index (κ2) is 19.3. The Labute approximate surface area is 266 Å². The number of carboxylic acid groups (broad SMARTS) is 2. The summed E-state index contributed by atoms with van der Waals surface area (Å²) >= 11 is 0. The Hall–Kier alpha value is -4.07. The number of nitrogens with one attached hydrogen (secondary N) is 3. The number of benzene rings is 1. The number of hydrogen-bond donors (Lipinski definition) is 6. The Balaban J connectivity index is 2.99. The summed E-state index contributed by atoms with van der Waals surface area (Å²) in [7, 11) is 3.07. The highest BCUT2D eigenvalue weighted by Crippen LogP contribution is 2.19. The lowest BCUT2D eigenvalue weighted by atomic mass is 10.1. The topological polar surface area (TPSA) is 204 Å². The van der Waals surface area contributed by atoms with E-state index in [9.17, 15) is 34.2 Å². The van der Waals surface area contributed by atoms with E-state index in [1.807, 2.05) is 27.7 Å². The minimum atomic E-state index is -1.27. The van der Waals surface area contributed by atoms with E-state index in [0.717, 1.165) is 0 Å². The second-order valence-corrected chi connectivity index (χ2v) is 12.2. The number of amides is 5. The van der Waals surface area contributed by atoms with Crippen LogP contribution in [0.5, 0.6) is 5.75 Å². The molecule has 0 heterocycles. The third-order valence-electron chi connectivity index (χ3n) is 6.73. The summed E-state index contributed by atoms with van der Waals surface area (Å²) < 4.78 is 5.80. The van der Waals surface area contributed by atoms with Gasteiger partial charge in [-0.05, 0) is 70.7 Å². The number of carbonyl (C=O) groups excluding carboxylic acids is 3. The van der Waals surface area contributed by atoms with Crippen molar-refractivity contribution in [2.75, 3.05) is 40.3 Å². The molecule has 3 atom stereocenters. The van der Waals surface area contributed by atoms with Gasteiger partial charge in [0.05, 0.1) is 5.92 Å². The molecule has 0 saturated carbocycles. The lowest BCUT2D eigenvalue weighted by Gasteiger charge is -2.28. The number of carbonyl (C=O) groups is 5. The normalized spacial score (nSPS) is 13.1. The van der Waals surface area contributed by atoms with Crippen molar-refractivity contribution in [1.82, 2.24) is 25.8 Å². The van der Waals surface area contributed by atoms with Gasteiger partial charge in [0.1, 0.15) is 23.4 Å². The fourth-order valence-electron chi connectivity index (χ4n) is 4.23. The van der Waals surface area contributed by atoms with Crippen molar-refractivity contribution in [3.8, 4) is 5.75 Å². The summed E-state index contributed by atoms with van der Waals surface area (Å²) in [5.74, 6) is -3.60. The first-order chi connectivity index (χ1) is 21.1. The fraction of sp³-hybridized carbons (Fsp3) is 0.645. The van der Waals surface area contributed by atoms with Gasteiger partial charge in [0, 0.05) is 40.2 Å². The van der Waals surface area contributed by atoms with Crippen molar-refractivity contribution < 1.29 is 38.9 Å². The van der Waals surface area contributed by atoms with Crippen LogP contribution in [0, 0.1) is 5.92 Å². The van der Waals surface area contributed by atoms with Crippen LogP contribution in [0.3, 0.4) is 0 Å². The molecule has 0 aliphatic rings. The van der Waals surface area contributed by atoms with Gasteiger partial charge in [0.15, 0.2) is 0 Å². The van der Waals surface area contributed by atoms with Crippen LogP contribution in [0.25, 0.3) is 0 Å². The molecule has 0 aromatic heterocycles. The van der Waals surface area contributed by atoms with Crippen LogP contribution < -0.4 is 26.4 Å². The van der Waals surface area contributed by atoms with Crippen LogP contribution in [0.4, 0.5) is 9.59 Å². The first-order valence-electron chi connectivity index (χ1n) is 15.3. The van der Waals surface area contributed by atoms with Crippen LogP contribution >= 0.6 is 0 Å². The molecule has 0 saturated heterocycles. The zero-order valence-corrected chi connectivity index (χ0v) is 27.4. The quantitative estimate of drug-likeness (QED) is 0.123. The number of hydrogen-bond acceptors (Lipinski definition) is 7. The molecule has 1 aromatic carbocycles. The highest BCUT2D eigenvalue weighted by molar-refractivity contribution is 5.87. The standard InChI is InChI=1S/C31H52N6O8/c1-7-8-17-37(30(44)35-25(28(41)42)18-21-12-14-23(15-13-21)45-31(2,3)4)20-22(27(39)40)19-33-26(38)24(11-9-10-16-32)34-29(43)36(5)6/h12-15,22,24-25H,7-11,16-20,32H2,1-6H3,(H,33,38)(H,34,43)(H,35,44)(H,39,40)(H,41,42)/t22-,24-,25-/m0/s1. The van der Waals surface area contributed by atoms with Crippen LogP contribution in [0.2, 0.25) is 0 Å². The SMILES string of the molecule is CCCCN(C[C@H](CNC(=O)[C@H](CCCCN)NC(=O)N(C)C)C(=O)O)C(=O)N[C@@H](Cc1ccc(OC(C)(C)C)cc1)C(=O)O. The maximum absolute atomic E-state index is 13.3. The molecule has 1 aromatic rings. The Morgan fingerprint density at radius 2 is 1.53 bits per heavy atom. The van der Waals surface area contributed by atoms with Crippen molar-refractivity contribution in [3.63, 3.8) is 0 Å². The monoisotopic (exact) mass is 636 g/mol. The summed E-state index contributed by atoms with van der Waals surface area (Å²) in [5, 5.41) is 27.5. The smallest absolute Gasteiger partial charge is 0.326 e. The Morgan fingerprint density at radius 3 is 2.04 bits per heavy atom. The van der Waals surface area contributed by atoms with Crippen LogP contribution in [0.1, 0.15) is 65.4 Å². The summed E-state index contributed by atoms with van der Waals surface area (Å²) in [6.07, 6.45) is 2.80. The second-order valence-electron chi connectivity index (χ2n) is 12.2. The van der Waals surface area contributed by atoms with E-state index in [1.54, 1.807) is 24.3 Å². The molecule has 1 rings (SSSR count). The van der Waals surface area contributed by atoms with Gasteiger partial charge in [-0.2, -0.15) is 0 Å². The van der Waals surface area contributed by atoms with Crippen molar-refractivity contribution >= 4 is 29.9 Å². The minimum absolute atomic E-state index is 0.00111. The Morgan fingerprint density at radius 1 is 0.911 bits per heavy atom. The number of nitrogens with two attached hydrogens (primary N) is 1. The van der Waals surface area contributed by atoms with Crippen LogP contribution in [0.15, 0.2) is 24.3 Å². The van der Waals surface area contributed by atoms with E-state index < -0.39 is 53.5 Å². The highest BCUT2D eigenvalue weighted by atomic mass is 16.5. The van der Waals surface area contributed by atoms with Gasteiger partial charge < -0.3 is 46.4 Å². The zero-order valence-electron chi connectivity index (χ0n) is 27.4. The molecular weight excluding hydrogens is 584 g/mol. The lowest BCUT2D eigenvalue weighted by molar-refractivity contribution is -0.142. The number of unbranched alkanes of at least 4 members (excludes halogenated alkanes) is 2. The van der Waals surface area contributed by atoms with E-state index >= 15 is 0 Å². The van der Waals surface area contributed by atoms with Gasteiger partial charge in [-0.25, -0.2) is 14.4 Å². The zero-order chi connectivity index (χ0) is 34.2. The molecule has 0 aliphatic carbocycles. The van der Waals surface area contributed by atoms with E-state index in [1.165, 1.54) is 23.9 Å². The van der Waals surface area contributed by atoms with E-state index in [4.69, 9.17) is 10.5 Å². The molecule has 14 heteroatoms. The van der Waals surface area contributed by atoms with E-state index in [-0.39, 0.29) is 26.1 Å². The van der Waals surface area contributed by atoms with Crippen molar-refractivity contribution in [2.24, 2.45) is 11.7 Å². The lowest BCUT2D eigenvalue weighted by Crippen LogP contribution is -2.53. The number of carboxylic acids is 2. The fourth-order valence-corrected chi connectivity index (χ4v) is 4.23. The van der Waals surface area contributed by atoms with Crippen molar-refractivity contribution in [1.29, 1.82) is 0 Å². The molecule has 0 bridgehead atoms. The van der Waals surface area contributed by atoms with Gasteiger partial charge in [0.2, 0.25) is 5.91 Å². The maximum atomic E-state index is 13.3. The number of urea groups is 2. The number of ether oxygens (including phenoxy) is 1. The first kappa shape index (κ1) is 39.0. The Kier molecular flexibility index (Phi) is 16.7. The summed E-state index contributed by atoms with van der Waals surface area (Å²) in [6.45, 7) is 7.69. The number of rotatable bonds is 19. The minimum Gasteiger partial charge on any atom is -0.488 e. The number of aliphatic carboxylic acids is 2. The highest BCUT2D eigenvalue weighted by Gasteiger charge is 2.29. The molecule has 5 amide bonds. The predicted molar refractivity (Wildman–Crippen MR) is 170 cm³/mol. The third kappa shape index (κ3) is 15.5. The molecular formula is C31H52N6O8. The van der Waals surface area contributed by atoms with Gasteiger partial charge in [-0.3, -0.25) is 9.59 Å². The predicted octanol–water partition coefficient (Wildman–Crippen LogP) is 2.26. The van der Waals surface area contributed by atoms with E-state index in [2.05, 4.69) is 16.0 Å². The average molecular weight is 637 g/mol. The molecule has 0 spiro atoms. The van der Waals surface area contributed by atoms with E-state index in [0.29, 0.717) is 50.0 Å². The average Bonchev–Trinajstić information content (AvgIpc) is 2.95. The largest absolute Gasteiger partial charge is 0.488 e. The summed E-state index contributed by atoms with van der Waals surface area (Å²) in [6, 6.07) is 3.56. The molecule has 0 fully saturated rings. The third-order valence-corrected chi connectivity index (χ3v) is 6.73. The molecule has 7 N–H and O–H groups in total. The maximum Gasteiger partial charge on any atom is 0.326 e. The van der Waals surface area contributed by atoms with Crippen molar-refractivity contribution in [3.05, 3.63) is 29.8 Å². The van der Waals surface area contributed by atoms with Gasteiger partial charge in [0.25, 0.3) is 0 Å². The van der Waals surface area contributed by atoms with Crippen LogP contribution in [-0.2, 0) is 20.8 Å². The Bertz CT molecular complexity index is 1110.